The molecule has 2 fully saturated rings. The van der Waals surface area contributed by atoms with Crippen LogP contribution in [0.15, 0.2) is 47.1 Å². The van der Waals surface area contributed by atoms with Crippen molar-refractivity contribution in [1.29, 1.82) is 0 Å². The summed E-state index contributed by atoms with van der Waals surface area (Å²) in [4.78, 5) is 33.0. The van der Waals surface area contributed by atoms with Gasteiger partial charge in [-0.2, -0.15) is 0 Å². The lowest BCUT2D eigenvalue weighted by Gasteiger charge is -2.41. The number of methoxy groups -OCH3 is 1. The second-order valence-electron chi connectivity index (χ2n) is 7.19. The first-order chi connectivity index (χ1) is 14.2. The Balaban J connectivity index is 1.29. The zero-order valence-corrected chi connectivity index (χ0v) is 16.6. The Morgan fingerprint density at radius 2 is 1.45 bits per heavy atom. The predicted molar refractivity (Wildman–Crippen MR) is 108 cm³/mol. The number of amides is 3. The number of anilines is 1. The van der Waals surface area contributed by atoms with E-state index in [1.165, 1.54) is 6.26 Å². The van der Waals surface area contributed by atoms with E-state index in [1.807, 2.05) is 34.1 Å². The Morgan fingerprint density at radius 1 is 0.828 bits per heavy atom. The van der Waals surface area contributed by atoms with Crippen molar-refractivity contribution in [1.82, 2.24) is 14.7 Å². The number of urea groups is 1. The molecule has 0 unspecified atom stereocenters. The van der Waals surface area contributed by atoms with Crippen LogP contribution in [0, 0.1) is 0 Å². The van der Waals surface area contributed by atoms with Crippen molar-refractivity contribution >= 4 is 17.6 Å². The number of piperazine rings is 2. The van der Waals surface area contributed by atoms with Crippen LogP contribution in [0.3, 0.4) is 0 Å². The van der Waals surface area contributed by atoms with Gasteiger partial charge in [0, 0.05) is 52.4 Å². The summed E-state index contributed by atoms with van der Waals surface area (Å²) in [6, 6.07) is 11.4. The van der Waals surface area contributed by atoms with Crippen molar-refractivity contribution < 1.29 is 18.7 Å². The van der Waals surface area contributed by atoms with Gasteiger partial charge in [-0.25, -0.2) is 4.79 Å². The number of hydrogen-bond acceptors (Lipinski definition) is 5. The monoisotopic (exact) mass is 398 g/mol. The summed E-state index contributed by atoms with van der Waals surface area (Å²) in [6.45, 7) is 4.99. The highest BCUT2D eigenvalue weighted by molar-refractivity contribution is 5.91. The molecule has 2 aliphatic rings. The van der Waals surface area contributed by atoms with E-state index in [1.54, 1.807) is 24.1 Å². The number of nitrogens with zero attached hydrogens (tertiary/aromatic N) is 4. The molecule has 4 rings (SSSR count). The Labute approximate surface area is 170 Å². The van der Waals surface area contributed by atoms with Crippen molar-refractivity contribution in [3.63, 3.8) is 0 Å². The average Bonchev–Trinajstić information content (AvgIpc) is 3.33. The summed E-state index contributed by atoms with van der Waals surface area (Å²) >= 11 is 0. The molecule has 2 aliphatic heterocycles. The van der Waals surface area contributed by atoms with Crippen LogP contribution in [0.4, 0.5) is 10.5 Å². The molecule has 0 aliphatic carbocycles. The van der Waals surface area contributed by atoms with Crippen LogP contribution in [0.1, 0.15) is 10.6 Å². The van der Waals surface area contributed by atoms with Crippen molar-refractivity contribution in [3.8, 4) is 5.75 Å². The molecule has 8 nitrogen and oxygen atoms in total. The summed E-state index contributed by atoms with van der Waals surface area (Å²) in [5, 5.41) is 0. The van der Waals surface area contributed by atoms with Gasteiger partial charge in [0.25, 0.3) is 5.91 Å². The van der Waals surface area contributed by atoms with E-state index < -0.39 is 0 Å². The lowest BCUT2D eigenvalue weighted by Crippen LogP contribution is -2.57. The standard InChI is InChI=1S/C21H26N4O4/c1-28-18-6-3-2-5-17(18)22-8-12-24(13-9-22)21(27)25-14-10-23(11-15-25)20(26)19-7-4-16-29-19/h2-7,16H,8-15H2,1H3. The van der Waals surface area contributed by atoms with Crippen LogP contribution >= 0.6 is 0 Å². The topological polar surface area (TPSA) is 69.5 Å². The number of carbonyl (C=O) groups excluding carboxylic acids is 2. The molecule has 0 saturated carbocycles. The summed E-state index contributed by atoms with van der Waals surface area (Å²) in [5.41, 5.74) is 1.06. The second kappa shape index (κ2) is 8.46. The van der Waals surface area contributed by atoms with Gasteiger partial charge in [0.05, 0.1) is 19.1 Å². The number of para-hydroxylation sites is 2. The lowest BCUT2D eigenvalue weighted by atomic mass is 10.2. The van der Waals surface area contributed by atoms with Gasteiger partial charge in [-0.3, -0.25) is 4.79 Å². The van der Waals surface area contributed by atoms with Gasteiger partial charge < -0.3 is 28.8 Å². The maximum Gasteiger partial charge on any atom is 0.320 e. The van der Waals surface area contributed by atoms with Gasteiger partial charge in [-0.05, 0) is 24.3 Å². The van der Waals surface area contributed by atoms with Gasteiger partial charge in [0.2, 0.25) is 0 Å². The fourth-order valence-corrected chi connectivity index (χ4v) is 3.89. The highest BCUT2D eigenvalue weighted by atomic mass is 16.5. The lowest BCUT2D eigenvalue weighted by molar-refractivity contribution is 0.0608. The highest BCUT2D eigenvalue weighted by Gasteiger charge is 2.30. The Bertz CT molecular complexity index is 838. The molecule has 2 saturated heterocycles. The molecule has 2 aromatic rings. The van der Waals surface area contributed by atoms with Gasteiger partial charge >= 0.3 is 6.03 Å². The van der Waals surface area contributed by atoms with Crippen LogP contribution in [-0.4, -0.2) is 86.1 Å². The smallest absolute Gasteiger partial charge is 0.320 e. The van der Waals surface area contributed by atoms with Gasteiger partial charge in [0.1, 0.15) is 5.75 Å². The first-order valence-electron chi connectivity index (χ1n) is 9.92. The fourth-order valence-electron chi connectivity index (χ4n) is 3.89. The minimum atomic E-state index is -0.118. The normalized spacial score (nSPS) is 17.4. The predicted octanol–water partition coefficient (Wildman–Crippen LogP) is 1.99. The molecule has 0 atom stereocenters. The number of hydrogen-bond donors (Lipinski definition) is 0. The maximum atomic E-state index is 12.9. The Kier molecular flexibility index (Phi) is 5.59. The molecule has 154 valence electrons. The minimum absolute atomic E-state index is 0.0507. The van der Waals surface area contributed by atoms with E-state index in [0.29, 0.717) is 45.0 Å². The fraction of sp³-hybridized carbons (Fsp3) is 0.429. The third-order valence-electron chi connectivity index (χ3n) is 5.55. The zero-order chi connectivity index (χ0) is 20.2. The van der Waals surface area contributed by atoms with Gasteiger partial charge in [0.15, 0.2) is 5.76 Å². The second-order valence-corrected chi connectivity index (χ2v) is 7.19. The summed E-state index contributed by atoms with van der Waals surface area (Å²) < 4.78 is 10.6. The first-order valence-corrected chi connectivity index (χ1v) is 9.92. The largest absolute Gasteiger partial charge is 0.495 e. The number of rotatable bonds is 3. The van der Waals surface area contributed by atoms with E-state index >= 15 is 0 Å². The van der Waals surface area contributed by atoms with E-state index in [9.17, 15) is 9.59 Å². The SMILES string of the molecule is COc1ccccc1N1CCN(C(=O)N2CCN(C(=O)c3ccco3)CC2)CC1. The van der Waals surface area contributed by atoms with Crippen molar-refractivity contribution in [2.75, 3.05) is 64.4 Å². The summed E-state index contributed by atoms with van der Waals surface area (Å²) in [5.74, 6) is 1.08. The Morgan fingerprint density at radius 3 is 2.07 bits per heavy atom. The van der Waals surface area contributed by atoms with E-state index in [0.717, 1.165) is 24.5 Å². The number of furan rings is 1. The molecule has 1 aromatic carbocycles. The minimum Gasteiger partial charge on any atom is -0.495 e. The number of carbonyl (C=O) groups is 2. The molecule has 3 heterocycles. The van der Waals surface area contributed by atoms with Crippen molar-refractivity contribution in [3.05, 3.63) is 48.4 Å². The molecule has 3 amide bonds. The van der Waals surface area contributed by atoms with Crippen LogP contribution in [0.25, 0.3) is 0 Å². The zero-order valence-electron chi connectivity index (χ0n) is 16.6. The van der Waals surface area contributed by atoms with Gasteiger partial charge in [-0.15, -0.1) is 0 Å². The van der Waals surface area contributed by atoms with Gasteiger partial charge in [-0.1, -0.05) is 12.1 Å². The van der Waals surface area contributed by atoms with Crippen LogP contribution < -0.4 is 9.64 Å². The molecule has 0 spiro atoms. The summed E-state index contributed by atoms with van der Waals surface area (Å²) in [7, 11) is 1.68. The third kappa shape index (κ3) is 4.01. The number of benzene rings is 1. The maximum absolute atomic E-state index is 12.9. The molecular formula is C21H26N4O4. The molecule has 29 heavy (non-hydrogen) atoms. The van der Waals surface area contributed by atoms with Crippen molar-refractivity contribution in [2.45, 2.75) is 0 Å². The summed E-state index contributed by atoms with van der Waals surface area (Å²) in [6.07, 6.45) is 1.50. The quantitative estimate of drug-likeness (QED) is 0.791. The molecule has 1 aromatic heterocycles. The van der Waals surface area contributed by atoms with Crippen molar-refractivity contribution in [2.24, 2.45) is 0 Å². The van der Waals surface area contributed by atoms with E-state index in [-0.39, 0.29) is 11.9 Å². The highest BCUT2D eigenvalue weighted by Crippen LogP contribution is 2.28. The number of ether oxygens (including phenoxy) is 1. The molecule has 8 heteroatoms. The first kappa shape index (κ1) is 19.2. The molecule has 0 bridgehead atoms. The van der Waals surface area contributed by atoms with E-state index in [4.69, 9.17) is 9.15 Å². The molecule has 0 N–H and O–H groups in total. The average molecular weight is 398 g/mol. The third-order valence-corrected chi connectivity index (χ3v) is 5.55. The molecule has 0 radical (unpaired) electrons. The Hall–Kier alpha value is -3.16. The van der Waals surface area contributed by atoms with Crippen LogP contribution in [0.2, 0.25) is 0 Å². The molecular weight excluding hydrogens is 372 g/mol. The van der Waals surface area contributed by atoms with Crippen LogP contribution in [-0.2, 0) is 0 Å². The van der Waals surface area contributed by atoms with E-state index in [2.05, 4.69) is 4.90 Å². The van der Waals surface area contributed by atoms with Crippen LogP contribution in [0.5, 0.6) is 5.75 Å².